The van der Waals surface area contributed by atoms with Crippen molar-refractivity contribution in [1.82, 2.24) is 0 Å². The highest BCUT2D eigenvalue weighted by molar-refractivity contribution is 9.09. The van der Waals surface area contributed by atoms with Crippen LogP contribution in [0.1, 0.15) is 6.42 Å². The molecular weight excluding hydrogens is 184 g/mol. The third kappa shape index (κ3) is 1.92. The van der Waals surface area contributed by atoms with Crippen LogP contribution in [0.3, 0.4) is 0 Å². The van der Waals surface area contributed by atoms with Gasteiger partial charge in [-0.3, -0.25) is 0 Å². The number of alkyl halides is 1. The lowest BCUT2D eigenvalue weighted by atomic mass is 10.0. The minimum Gasteiger partial charge on any atom is -0.392 e. The van der Waals surface area contributed by atoms with E-state index in [-0.39, 0.29) is 6.10 Å². The third-order valence-electron chi connectivity index (χ3n) is 1.67. The summed E-state index contributed by atoms with van der Waals surface area (Å²) in [6.45, 7) is 1.54. The van der Waals surface area contributed by atoms with Crippen molar-refractivity contribution < 1.29 is 9.84 Å². The Kier molecular flexibility index (Phi) is 2.95. The molecule has 0 spiro atoms. The number of hydrogen-bond donors (Lipinski definition) is 1. The smallest absolute Gasteiger partial charge is 0.0687 e. The highest BCUT2D eigenvalue weighted by atomic mass is 79.9. The summed E-state index contributed by atoms with van der Waals surface area (Å²) in [4.78, 5) is 0. The molecule has 0 aromatic heterocycles. The maximum Gasteiger partial charge on any atom is 0.0687 e. The van der Waals surface area contributed by atoms with E-state index in [4.69, 9.17) is 4.74 Å². The van der Waals surface area contributed by atoms with Gasteiger partial charge in [-0.2, -0.15) is 0 Å². The van der Waals surface area contributed by atoms with Crippen molar-refractivity contribution in [2.75, 3.05) is 18.5 Å². The van der Waals surface area contributed by atoms with E-state index in [1.54, 1.807) is 0 Å². The van der Waals surface area contributed by atoms with Crippen molar-refractivity contribution >= 4 is 15.9 Å². The van der Waals surface area contributed by atoms with Gasteiger partial charge in [0.1, 0.15) is 0 Å². The first kappa shape index (κ1) is 7.51. The van der Waals surface area contributed by atoms with Crippen molar-refractivity contribution in [2.24, 2.45) is 5.92 Å². The summed E-state index contributed by atoms with van der Waals surface area (Å²) in [5, 5.41) is 9.90. The van der Waals surface area contributed by atoms with Gasteiger partial charge in [0.15, 0.2) is 0 Å². The Balaban J connectivity index is 2.24. The van der Waals surface area contributed by atoms with Crippen LogP contribution in [0.25, 0.3) is 0 Å². The lowest BCUT2D eigenvalue weighted by Gasteiger charge is -2.11. The zero-order valence-corrected chi connectivity index (χ0v) is 6.80. The quantitative estimate of drug-likeness (QED) is 0.659. The average Bonchev–Trinajstić information content (AvgIpc) is 2.37. The monoisotopic (exact) mass is 194 g/mol. The number of hydrogen-bond acceptors (Lipinski definition) is 2. The van der Waals surface area contributed by atoms with Crippen LogP contribution in [0, 0.1) is 5.92 Å². The standard InChI is InChI=1S/C6H11BrO2/c7-3-6(8)5-1-2-9-4-5/h5-6,8H,1-4H2/t5-,6+/m0/s1. The third-order valence-corrected chi connectivity index (χ3v) is 2.33. The van der Waals surface area contributed by atoms with Crippen LogP contribution in [0.2, 0.25) is 0 Å². The highest BCUT2D eigenvalue weighted by Gasteiger charge is 2.22. The Morgan fingerprint density at radius 3 is 3.00 bits per heavy atom. The van der Waals surface area contributed by atoms with E-state index in [1.165, 1.54) is 0 Å². The SMILES string of the molecule is O[C@H](CBr)[C@H]1CCOC1. The Morgan fingerprint density at radius 1 is 1.78 bits per heavy atom. The Morgan fingerprint density at radius 2 is 2.56 bits per heavy atom. The van der Waals surface area contributed by atoms with E-state index in [2.05, 4.69) is 15.9 Å². The Bertz CT molecular complexity index is 81.1. The van der Waals surface area contributed by atoms with Crippen LogP contribution in [-0.2, 0) is 4.74 Å². The summed E-state index contributed by atoms with van der Waals surface area (Å²) in [6.07, 6.45) is 0.791. The molecule has 1 saturated heterocycles. The van der Waals surface area contributed by atoms with Crippen molar-refractivity contribution in [3.8, 4) is 0 Å². The zero-order valence-electron chi connectivity index (χ0n) is 5.22. The summed E-state index contributed by atoms with van der Waals surface area (Å²) < 4.78 is 5.10. The van der Waals surface area contributed by atoms with Gasteiger partial charge in [-0.15, -0.1) is 0 Å². The molecule has 1 aliphatic heterocycles. The molecular formula is C6H11BrO2. The van der Waals surface area contributed by atoms with Gasteiger partial charge in [0, 0.05) is 17.9 Å². The number of ether oxygens (including phenoxy) is 1. The van der Waals surface area contributed by atoms with Crippen molar-refractivity contribution in [1.29, 1.82) is 0 Å². The highest BCUT2D eigenvalue weighted by Crippen LogP contribution is 2.17. The first-order valence-electron chi connectivity index (χ1n) is 3.16. The summed E-state index contributed by atoms with van der Waals surface area (Å²) in [5.74, 6) is 0.365. The van der Waals surface area contributed by atoms with E-state index in [1.807, 2.05) is 0 Å². The zero-order chi connectivity index (χ0) is 6.69. The van der Waals surface area contributed by atoms with Crippen molar-refractivity contribution in [2.45, 2.75) is 12.5 Å². The molecule has 1 fully saturated rings. The van der Waals surface area contributed by atoms with Crippen LogP contribution in [-0.4, -0.2) is 29.8 Å². The van der Waals surface area contributed by atoms with Crippen LogP contribution < -0.4 is 0 Å². The van der Waals surface area contributed by atoms with Crippen LogP contribution >= 0.6 is 15.9 Å². The summed E-state index contributed by atoms with van der Waals surface area (Å²) in [6, 6.07) is 0. The molecule has 0 radical (unpaired) electrons. The van der Waals surface area contributed by atoms with Crippen LogP contribution in [0.15, 0.2) is 0 Å². The number of aliphatic hydroxyl groups excluding tert-OH is 1. The van der Waals surface area contributed by atoms with Gasteiger partial charge in [-0.25, -0.2) is 0 Å². The van der Waals surface area contributed by atoms with E-state index in [9.17, 15) is 5.11 Å². The van der Waals surface area contributed by atoms with E-state index in [0.717, 1.165) is 19.6 Å². The average molecular weight is 195 g/mol. The van der Waals surface area contributed by atoms with Crippen molar-refractivity contribution in [3.05, 3.63) is 0 Å². The molecule has 1 N–H and O–H groups in total. The molecule has 0 aromatic carbocycles. The molecule has 0 aliphatic carbocycles. The molecule has 1 heterocycles. The molecule has 0 bridgehead atoms. The van der Waals surface area contributed by atoms with Crippen LogP contribution in [0.4, 0.5) is 0 Å². The molecule has 0 aromatic rings. The van der Waals surface area contributed by atoms with Crippen molar-refractivity contribution in [3.63, 3.8) is 0 Å². The fraction of sp³-hybridized carbons (Fsp3) is 1.00. The van der Waals surface area contributed by atoms with Gasteiger partial charge in [-0.1, -0.05) is 15.9 Å². The molecule has 3 heteroatoms. The van der Waals surface area contributed by atoms with Gasteiger partial charge in [0.2, 0.25) is 0 Å². The second kappa shape index (κ2) is 3.54. The fourth-order valence-electron chi connectivity index (χ4n) is 0.982. The predicted octanol–water partition coefficient (Wildman–Crippen LogP) is 0.779. The van der Waals surface area contributed by atoms with Gasteiger partial charge in [0.05, 0.1) is 12.7 Å². The molecule has 0 unspecified atom stereocenters. The number of aliphatic hydroxyl groups is 1. The Labute approximate surface area is 63.3 Å². The molecule has 1 rings (SSSR count). The molecule has 0 saturated carbocycles. The maximum atomic E-state index is 9.23. The Hall–Kier alpha value is 0.400. The molecule has 1 aliphatic rings. The van der Waals surface area contributed by atoms with E-state index >= 15 is 0 Å². The summed E-state index contributed by atoms with van der Waals surface area (Å²) >= 11 is 3.22. The summed E-state index contributed by atoms with van der Waals surface area (Å²) in [5.41, 5.74) is 0. The lowest BCUT2D eigenvalue weighted by molar-refractivity contribution is 0.110. The minimum atomic E-state index is -0.215. The molecule has 2 atom stereocenters. The van der Waals surface area contributed by atoms with Gasteiger partial charge >= 0.3 is 0 Å². The number of rotatable bonds is 2. The lowest BCUT2D eigenvalue weighted by Crippen LogP contribution is -2.21. The second-order valence-corrected chi connectivity index (χ2v) is 2.99. The predicted molar refractivity (Wildman–Crippen MR) is 38.7 cm³/mol. The fourth-order valence-corrected chi connectivity index (χ4v) is 1.51. The largest absolute Gasteiger partial charge is 0.392 e. The van der Waals surface area contributed by atoms with Crippen LogP contribution in [0.5, 0.6) is 0 Å². The normalized spacial score (nSPS) is 30.7. The maximum absolute atomic E-state index is 9.23. The number of halogens is 1. The van der Waals surface area contributed by atoms with Gasteiger partial charge in [-0.05, 0) is 6.42 Å². The topological polar surface area (TPSA) is 29.5 Å². The molecule has 9 heavy (non-hydrogen) atoms. The van der Waals surface area contributed by atoms with Gasteiger partial charge < -0.3 is 9.84 Å². The van der Waals surface area contributed by atoms with Gasteiger partial charge in [0.25, 0.3) is 0 Å². The summed E-state index contributed by atoms with van der Waals surface area (Å²) in [7, 11) is 0. The second-order valence-electron chi connectivity index (χ2n) is 2.35. The molecule has 54 valence electrons. The first-order valence-corrected chi connectivity index (χ1v) is 4.28. The first-order chi connectivity index (χ1) is 4.34. The molecule has 2 nitrogen and oxygen atoms in total. The van der Waals surface area contributed by atoms with E-state index < -0.39 is 0 Å². The van der Waals surface area contributed by atoms with E-state index in [0.29, 0.717) is 11.2 Å². The minimum absolute atomic E-state index is 0.215. The molecule has 0 amide bonds.